The molecule has 0 aromatic carbocycles. The second kappa shape index (κ2) is 4.21. The van der Waals surface area contributed by atoms with E-state index in [9.17, 15) is 4.79 Å². The zero-order valence-corrected chi connectivity index (χ0v) is 10.4. The number of rotatable bonds is 4. The predicted octanol–water partition coefficient (Wildman–Crippen LogP) is 3.45. The van der Waals surface area contributed by atoms with Crippen LogP contribution in [0.15, 0.2) is 6.07 Å². The van der Waals surface area contributed by atoms with E-state index < -0.39 is 0 Å². The Labute approximate surface area is 92.3 Å². The molecule has 1 aromatic rings. The van der Waals surface area contributed by atoms with Crippen molar-refractivity contribution < 1.29 is 4.79 Å². The molecule has 2 nitrogen and oxygen atoms in total. The van der Waals surface area contributed by atoms with Gasteiger partial charge in [0.1, 0.15) is 0 Å². The Morgan fingerprint density at radius 2 is 1.87 bits per heavy atom. The maximum absolute atomic E-state index is 10.9. The van der Waals surface area contributed by atoms with Crippen molar-refractivity contribution in [3.05, 3.63) is 23.0 Å². The predicted molar refractivity (Wildman–Crippen MR) is 63.5 cm³/mol. The highest BCUT2D eigenvalue weighted by Gasteiger charge is 2.25. The minimum absolute atomic E-state index is 0.134. The van der Waals surface area contributed by atoms with Crippen LogP contribution in [0, 0.1) is 13.8 Å². The van der Waals surface area contributed by atoms with Gasteiger partial charge in [0.2, 0.25) is 0 Å². The summed E-state index contributed by atoms with van der Waals surface area (Å²) in [5.41, 5.74) is 3.23. The molecule has 0 fully saturated rings. The van der Waals surface area contributed by atoms with Gasteiger partial charge in [-0.2, -0.15) is 0 Å². The first kappa shape index (κ1) is 12.0. The van der Waals surface area contributed by atoms with E-state index in [0.29, 0.717) is 0 Å². The molecule has 0 spiro atoms. The lowest BCUT2D eigenvalue weighted by Crippen LogP contribution is -2.30. The van der Waals surface area contributed by atoms with Gasteiger partial charge in [0, 0.05) is 22.5 Å². The second-order valence-electron chi connectivity index (χ2n) is 4.48. The highest BCUT2D eigenvalue weighted by molar-refractivity contribution is 5.77. The Bertz CT molecular complexity index is 359. The Kier molecular flexibility index (Phi) is 3.38. The number of nitrogens with zero attached hydrogens (tertiary/aromatic N) is 1. The molecule has 0 aliphatic heterocycles. The first-order chi connectivity index (χ1) is 7.00. The van der Waals surface area contributed by atoms with Gasteiger partial charge in [-0.15, -0.1) is 0 Å². The molecule has 0 atom stereocenters. The van der Waals surface area contributed by atoms with E-state index in [-0.39, 0.29) is 5.54 Å². The van der Waals surface area contributed by atoms with Crippen LogP contribution in [0.5, 0.6) is 0 Å². The summed E-state index contributed by atoms with van der Waals surface area (Å²) in [6, 6.07) is 1.98. The van der Waals surface area contributed by atoms with E-state index in [1.54, 1.807) is 0 Å². The van der Waals surface area contributed by atoms with Crippen LogP contribution >= 0.6 is 0 Å². The molecule has 1 rings (SSSR count). The van der Waals surface area contributed by atoms with Gasteiger partial charge < -0.3 is 4.57 Å². The van der Waals surface area contributed by atoms with Gasteiger partial charge in [-0.05, 0) is 39.7 Å². The van der Waals surface area contributed by atoms with E-state index in [1.165, 1.54) is 5.69 Å². The fraction of sp³-hybridized carbons (Fsp3) is 0.615. The van der Waals surface area contributed by atoms with Crippen molar-refractivity contribution >= 4 is 6.29 Å². The molecule has 2 heteroatoms. The molecule has 84 valence electrons. The molecule has 15 heavy (non-hydrogen) atoms. The van der Waals surface area contributed by atoms with Gasteiger partial charge >= 0.3 is 0 Å². The number of aldehydes is 1. The summed E-state index contributed by atoms with van der Waals surface area (Å²) in [5, 5.41) is 0. The normalized spacial score (nSPS) is 11.8. The summed E-state index contributed by atoms with van der Waals surface area (Å²) in [5.74, 6) is 0. The first-order valence-electron chi connectivity index (χ1n) is 5.64. The van der Waals surface area contributed by atoms with E-state index >= 15 is 0 Å². The third-order valence-electron chi connectivity index (χ3n) is 3.66. The van der Waals surface area contributed by atoms with Crippen molar-refractivity contribution in [2.75, 3.05) is 0 Å². The minimum Gasteiger partial charge on any atom is -0.343 e. The monoisotopic (exact) mass is 207 g/mol. The molecule has 1 heterocycles. The van der Waals surface area contributed by atoms with Crippen molar-refractivity contribution in [2.45, 2.75) is 53.0 Å². The average Bonchev–Trinajstić information content (AvgIpc) is 2.53. The largest absolute Gasteiger partial charge is 0.343 e. The number of aromatic nitrogens is 1. The van der Waals surface area contributed by atoms with Crippen LogP contribution < -0.4 is 0 Å². The number of carbonyl (C=O) groups is 1. The molecule has 1 aromatic heterocycles. The average molecular weight is 207 g/mol. The summed E-state index contributed by atoms with van der Waals surface area (Å²) in [4.78, 5) is 10.9. The second-order valence-corrected chi connectivity index (χ2v) is 4.48. The van der Waals surface area contributed by atoms with Crippen LogP contribution in [0.1, 0.15) is 55.4 Å². The molecular weight excluding hydrogens is 186 g/mol. The van der Waals surface area contributed by atoms with E-state index in [1.807, 2.05) is 13.0 Å². The topological polar surface area (TPSA) is 22.0 Å². The fourth-order valence-electron chi connectivity index (χ4n) is 2.30. The van der Waals surface area contributed by atoms with Crippen molar-refractivity contribution in [3.8, 4) is 0 Å². The number of hydrogen-bond donors (Lipinski definition) is 0. The van der Waals surface area contributed by atoms with E-state index in [0.717, 1.165) is 30.4 Å². The van der Waals surface area contributed by atoms with Crippen molar-refractivity contribution in [3.63, 3.8) is 0 Å². The smallest absolute Gasteiger partial charge is 0.151 e. The zero-order valence-electron chi connectivity index (χ0n) is 10.4. The Hall–Kier alpha value is -1.05. The van der Waals surface area contributed by atoms with Gasteiger partial charge in [-0.25, -0.2) is 0 Å². The Balaban J connectivity index is 3.35. The van der Waals surface area contributed by atoms with Crippen LogP contribution in [0.4, 0.5) is 0 Å². The molecule has 0 saturated carbocycles. The summed E-state index contributed by atoms with van der Waals surface area (Å²) in [6.45, 7) is 10.7. The third-order valence-corrected chi connectivity index (χ3v) is 3.66. The fourth-order valence-corrected chi connectivity index (χ4v) is 2.30. The molecule has 0 amide bonds. The lowest BCUT2D eigenvalue weighted by molar-refractivity contribution is 0.112. The highest BCUT2D eigenvalue weighted by atomic mass is 16.1. The van der Waals surface area contributed by atoms with Gasteiger partial charge in [0.15, 0.2) is 6.29 Å². The van der Waals surface area contributed by atoms with Crippen LogP contribution in [0.3, 0.4) is 0 Å². The molecule has 0 aliphatic rings. The Morgan fingerprint density at radius 3 is 2.20 bits per heavy atom. The van der Waals surface area contributed by atoms with Crippen LogP contribution in [-0.2, 0) is 5.54 Å². The quantitative estimate of drug-likeness (QED) is 0.693. The number of hydrogen-bond acceptors (Lipinski definition) is 1. The van der Waals surface area contributed by atoms with E-state index in [2.05, 4.69) is 32.3 Å². The lowest BCUT2D eigenvalue weighted by atomic mass is 9.94. The molecule has 0 aliphatic carbocycles. The van der Waals surface area contributed by atoms with Crippen LogP contribution in [-0.4, -0.2) is 10.9 Å². The van der Waals surface area contributed by atoms with Crippen molar-refractivity contribution in [2.24, 2.45) is 0 Å². The van der Waals surface area contributed by atoms with Crippen molar-refractivity contribution in [1.29, 1.82) is 0 Å². The zero-order chi connectivity index (χ0) is 11.6. The Morgan fingerprint density at radius 1 is 1.33 bits per heavy atom. The lowest BCUT2D eigenvalue weighted by Gasteiger charge is -2.32. The van der Waals surface area contributed by atoms with Gasteiger partial charge in [-0.1, -0.05) is 13.8 Å². The first-order valence-corrected chi connectivity index (χ1v) is 5.64. The highest BCUT2D eigenvalue weighted by Crippen LogP contribution is 2.30. The van der Waals surface area contributed by atoms with Gasteiger partial charge in [-0.3, -0.25) is 4.79 Å². The molecule has 0 saturated heterocycles. The summed E-state index contributed by atoms with van der Waals surface area (Å²) < 4.78 is 2.30. The SMILES string of the molecule is CCC(C)(CC)n1c(C)cc(C=O)c1C. The number of aryl methyl sites for hydroxylation is 1. The molecule has 0 bridgehead atoms. The molecule has 0 N–H and O–H groups in total. The van der Waals surface area contributed by atoms with Crippen LogP contribution in [0.2, 0.25) is 0 Å². The summed E-state index contributed by atoms with van der Waals surface area (Å²) in [6.07, 6.45) is 3.11. The molecular formula is C13H21NO. The molecule has 0 radical (unpaired) electrons. The summed E-state index contributed by atoms with van der Waals surface area (Å²) in [7, 11) is 0. The maximum atomic E-state index is 10.9. The summed E-state index contributed by atoms with van der Waals surface area (Å²) >= 11 is 0. The van der Waals surface area contributed by atoms with E-state index in [4.69, 9.17) is 0 Å². The maximum Gasteiger partial charge on any atom is 0.151 e. The van der Waals surface area contributed by atoms with Gasteiger partial charge in [0.05, 0.1) is 0 Å². The van der Waals surface area contributed by atoms with Crippen molar-refractivity contribution in [1.82, 2.24) is 4.57 Å². The minimum atomic E-state index is 0.134. The number of carbonyl (C=O) groups excluding carboxylic acids is 1. The third kappa shape index (κ3) is 1.85. The standard InChI is InChI=1S/C13H21NO/c1-6-13(5,7-2)14-10(3)8-12(9-15)11(14)4/h8-9H,6-7H2,1-5H3. The van der Waals surface area contributed by atoms with Crippen LogP contribution in [0.25, 0.3) is 0 Å². The molecule has 0 unspecified atom stereocenters. The van der Waals surface area contributed by atoms with Gasteiger partial charge in [0.25, 0.3) is 0 Å².